The Morgan fingerprint density at radius 2 is 2.35 bits per heavy atom. The number of carbonyl (C=O) groups excluding carboxylic acids is 1. The molecule has 2 aliphatic heterocycles. The van der Waals surface area contributed by atoms with E-state index in [0.29, 0.717) is 25.1 Å². The zero-order valence-electron chi connectivity index (χ0n) is 11.3. The third kappa shape index (κ3) is 2.99. The van der Waals surface area contributed by atoms with Crippen LogP contribution >= 0.6 is 15.9 Å². The van der Waals surface area contributed by atoms with Crippen molar-refractivity contribution in [2.45, 2.75) is 18.9 Å². The van der Waals surface area contributed by atoms with Crippen LogP contribution in [0.4, 0.5) is 0 Å². The van der Waals surface area contributed by atoms with E-state index >= 15 is 0 Å². The van der Waals surface area contributed by atoms with Gasteiger partial charge in [0.2, 0.25) is 5.91 Å². The van der Waals surface area contributed by atoms with E-state index in [9.17, 15) is 4.79 Å². The number of piperidine rings is 1. The van der Waals surface area contributed by atoms with Crippen molar-refractivity contribution in [3.63, 3.8) is 0 Å². The Bertz CT molecular complexity index is 495. The number of rotatable bonds is 4. The molecule has 0 aromatic heterocycles. The highest BCUT2D eigenvalue weighted by Gasteiger charge is 2.40. The van der Waals surface area contributed by atoms with E-state index in [1.807, 2.05) is 29.2 Å². The maximum atomic E-state index is 12.3. The molecule has 3 rings (SSSR count). The topological polar surface area (TPSA) is 41.6 Å². The summed E-state index contributed by atoms with van der Waals surface area (Å²) in [7, 11) is 0. The van der Waals surface area contributed by atoms with Gasteiger partial charge in [-0.3, -0.25) is 4.79 Å². The van der Waals surface area contributed by atoms with Gasteiger partial charge in [-0.05, 0) is 37.6 Å². The highest BCUT2D eigenvalue weighted by atomic mass is 79.9. The number of amides is 1. The molecule has 0 bridgehead atoms. The van der Waals surface area contributed by atoms with Crippen LogP contribution in [0.2, 0.25) is 0 Å². The smallest absolute Gasteiger partial charge is 0.227 e. The van der Waals surface area contributed by atoms with E-state index in [4.69, 9.17) is 4.74 Å². The third-order valence-corrected chi connectivity index (χ3v) is 4.55. The minimum atomic E-state index is 0.189. The van der Waals surface area contributed by atoms with E-state index in [1.165, 1.54) is 0 Å². The Morgan fingerprint density at radius 1 is 1.45 bits per heavy atom. The van der Waals surface area contributed by atoms with Crippen molar-refractivity contribution in [3.8, 4) is 5.75 Å². The minimum absolute atomic E-state index is 0.189. The Morgan fingerprint density at radius 3 is 3.15 bits per heavy atom. The van der Waals surface area contributed by atoms with E-state index in [-0.39, 0.29) is 5.92 Å². The number of hydrogen-bond acceptors (Lipinski definition) is 3. The summed E-state index contributed by atoms with van der Waals surface area (Å²) in [5, 5.41) is 3.45. The lowest BCUT2D eigenvalue weighted by Gasteiger charge is -2.23. The van der Waals surface area contributed by atoms with Crippen LogP contribution in [0.5, 0.6) is 5.75 Å². The summed E-state index contributed by atoms with van der Waals surface area (Å²) < 4.78 is 6.71. The SMILES string of the molecule is O=C1C2CCCNC2CN1CCOc1cccc(Br)c1. The zero-order chi connectivity index (χ0) is 13.9. The first-order chi connectivity index (χ1) is 9.74. The molecule has 2 heterocycles. The lowest BCUT2D eigenvalue weighted by molar-refractivity contribution is -0.131. The number of carbonyl (C=O) groups is 1. The van der Waals surface area contributed by atoms with Gasteiger partial charge >= 0.3 is 0 Å². The van der Waals surface area contributed by atoms with Gasteiger partial charge in [-0.15, -0.1) is 0 Å². The van der Waals surface area contributed by atoms with E-state index in [2.05, 4.69) is 21.2 Å². The van der Waals surface area contributed by atoms with Gasteiger partial charge in [-0.25, -0.2) is 0 Å². The van der Waals surface area contributed by atoms with Crippen LogP contribution in [-0.2, 0) is 4.79 Å². The van der Waals surface area contributed by atoms with Crippen LogP contribution in [0.3, 0.4) is 0 Å². The molecule has 1 amide bonds. The summed E-state index contributed by atoms with van der Waals surface area (Å²) in [6.07, 6.45) is 2.13. The molecule has 108 valence electrons. The van der Waals surface area contributed by atoms with Crippen molar-refractivity contribution >= 4 is 21.8 Å². The van der Waals surface area contributed by atoms with Gasteiger partial charge < -0.3 is 15.0 Å². The van der Waals surface area contributed by atoms with Crippen molar-refractivity contribution in [2.24, 2.45) is 5.92 Å². The molecule has 0 saturated carbocycles. The highest BCUT2D eigenvalue weighted by Crippen LogP contribution is 2.26. The fraction of sp³-hybridized carbons (Fsp3) is 0.533. The Kier molecular flexibility index (Phi) is 4.27. The lowest BCUT2D eigenvalue weighted by atomic mass is 9.94. The molecule has 20 heavy (non-hydrogen) atoms. The summed E-state index contributed by atoms with van der Waals surface area (Å²) >= 11 is 3.42. The van der Waals surface area contributed by atoms with Crippen molar-refractivity contribution in [1.82, 2.24) is 10.2 Å². The second kappa shape index (κ2) is 6.14. The summed E-state index contributed by atoms with van der Waals surface area (Å²) in [5.41, 5.74) is 0. The number of halogens is 1. The summed E-state index contributed by atoms with van der Waals surface area (Å²) in [6.45, 7) is 3.07. The van der Waals surface area contributed by atoms with Crippen LogP contribution in [0.25, 0.3) is 0 Å². The highest BCUT2D eigenvalue weighted by molar-refractivity contribution is 9.10. The standard InChI is InChI=1S/C15H19BrN2O2/c16-11-3-1-4-12(9-11)20-8-7-18-10-14-13(15(18)19)5-2-6-17-14/h1,3-4,9,13-14,17H,2,5-8,10H2. The molecule has 1 aromatic rings. The first kappa shape index (κ1) is 13.9. The number of nitrogens with zero attached hydrogens (tertiary/aromatic N) is 1. The van der Waals surface area contributed by atoms with Gasteiger partial charge in [-0.2, -0.15) is 0 Å². The molecule has 2 saturated heterocycles. The minimum Gasteiger partial charge on any atom is -0.492 e. The van der Waals surface area contributed by atoms with E-state index in [0.717, 1.165) is 36.2 Å². The summed E-state index contributed by atoms with van der Waals surface area (Å²) in [6, 6.07) is 8.12. The predicted molar refractivity (Wildman–Crippen MR) is 80.7 cm³/mol. The molecule has 5 heteroatoms. The molecule has 1 N–H and O–H groups in total. The first-order valence-electron chi connectivity index (χ1n) is 7.14. The number of nitrogens with one attached hydrogen (secondary N) is 1. The van der Waals surface area contributed by atoms with Gasteiger partial charge in [0.05, 0.1) is 12.5 Å². The van der Waals surface area contributed by atoms with E-state index < -0.39 is 0 Å². The predicted octanol–water partition coefficient (Wildman–Crippen LogP) is 2.04. The molecule has 0 radical (unpaired) electrons. The molecule has 0 spiro atoms. The first-order valence-corrected chi connectivity index (χ1v) is 7.94. The van der Waals surface area contributed by atoms with Crippen LogP contribution in [0, 0.1) is 5.92 Å². The Balaban J connectivity index is 1.50. The van der Waals surface area contributed by atoms with Crippen LogP contribution in [-0.4, -0.2) is 43.1 Å². The quantitative estimate of drug-likeness (QED) is 0.913. The van der Waals surface area contributed by atoms with Crippen molar-refractivity contribution in [3.05, 3.63) is 28.7 Å². The van der Waals surface area contributed by atoms with Crippen molar-refractivity contribution in [1.29, 1.82) is 0 Å². The molecule has 0 aliphatic carbocycles. The molecule has 2 unspecified atom stereocenters. The van der Waals surface area contributed by atoms with E-state index in [1.54, 1.807) is 0 Å². The summed E-state index contributed by atoms with van der Waals surface area (Å²) in [4.78, 5) is 14.2. The summed E-state index contributed by atoms with van der Waals surface area (Å²) in [5.74, 6) is 1.32. The molecule has 1 aromatic carbocycles. The maximum absolute atomic E-state index is 12.3. The average Bonchev–Trinajstić information content (AvgIpc) is 2.76. The normalized spacial score (nSPS) is 25.6. The number of fused-ring (bicyclic) bond motifs is 1. The van der Waals surface area contributed by atoms with Crippen molar-refractivity contribution < 1.29 is 9.53 Å². The van der Waals surface area contributed by atoms with Gasteiger partial charge in [0.25, 0.3) is 0 Å². The third-order valence-electron chi connectivity index (χ3n) is 4.06. The zero-order valence-corrected chi connectivity index (χ0v) is 12.9. The molecule has 2 fully saturated rings. The van der Waals surface area contributed by atoms with Crippen LogP contribution in [0.15, 0.2) is 28.7 Å². The number of likely N-dealkylation sites (tertiary alicyclic amines) is 1. The second-order valence-electron chi connectivity index (χ2n) is 5.40. The second-order valence-corrected chi connectivity index (χ2v) is 6.32. The molecule has 2 atom stereocenters. The molecular weight excluding hydrogens is 320 g/mol. The Labute approximate surface area is 127 Å². The monoisotopic (exact) mass is 338 g/mol. The molecular formula is C15H19BrN2O2. The van der Waals surface area contributed by atoms with Crippen molar-refractivity contribution in [2.75, 3.05) is 26.2 Å². The van der Waals surface area contributed by atoms with Crippen LogP contribution in [0.1, 0.15) is 12.8 Å². The number of hydrogen-bond donors (Lipinski definition) is 1. The largest absolute Gasteiger partial charge is 0.492 e. The average molecular weight is 339 g/mol. The molecule has 4 nitrogen and oxygen atoms in total. The van der Waals surface area contributed by atoms with Crippen LogP contribution < -0.4 is 10.1 Å². The lowest BCUT2D eigenvalue weighted by Crippen LogP contribution is -2.41. The number of ether oxygens (including phenoxy) is 1. The maximum Gasteiger partial charge on any atom is 0.227 e. The molecule has 2 aliphatic rings. The van der Waals surface area contributed by atoms with Gasteiger partial charge in [0.15, 0.2) is 0 Å². The van der Waals surface area contributed by atoms with Gasteiger partial charge in [0, 0.05) is 17.1 Å². The van der Waals surface area contributed by atoms with Gasteiger partial charge in [-0.1, -0.05) is 22.0 Å². The van der Waals surface area contributed by atoms with Gasteiger partial charge in [0.1, 0.15) is 12.4 Å². The number of benzene rings is 1. The fourth-order valence-corrected chi connectivity index (χ4v) is 3.41. The Hall–Kier alpha value is -1.07. The fourth-order valence-electron chi connectivity index (χ4n) is 3.03.